The summed E-state index contributed by atoms with van der Waals surface area (Å²) in [7, 11) is 2.24. The van der Waals surface area contributed by atoms with Gasteiger partial charge >= 0.3 is 6.03 Å². The molecule has 2 fully saturated rings. The van der Waals surface area contributed by atoms with Crippen LogP contribution in [0.25, 0.3) is 44.3 Å². The van der Waals surface area contributed by atoms with E-state index in [1.807, 2.05) is 61.8 Å². The lowest BCUT2D eigenvalue weighted by Crippen LogP contribution is -2.51. The SMILES string of the molecule is Cc1c(NC(=O)n2cc3ccccc3c2)cccc1-c1nc(N)nc2[nH]c(-c3ccc(CN4C5CCC4CN(C)C5)cc3)cc12. The second kappa shape index (κ2) is 10.9. The van der Waals surface area contributed by atoms with Gasteiger partial charge in [-0.2, -0.15) is 4.98 Å². The van der Waals surface area contributed by atoms with Gasteiger partial charge in [0.05, 0.1) is 5.69 Å². The predicted octanol–water partition coefficient (Wildman–Crippen LogP) is 6.50. The standard InChI is InChI=1S/C36H36N8O/c1-22-29(8-5-9-31(22)39-36(45)43-18-25-6-3-4-7-26(25)19-43)33-30-16-32(38-34(30)41-35(37)40-33)24-12-10-23(11-13-24)17-44-27-14-15-28(44)21-42(2)20-27/h3-13,16,18-19,27-28H,14-15,17,20-21H2,1-2H3,(H,39,45)(H3,37,38,40,41). The lowest BCUT2D eigenvalue weighted by molar-refractivity contribution is 0.0760. The molecule has 5 heterocycles. The van der Waals surface area contributed by atoms with Crippen LogP contribution in [0.1, 0.15) is 24.0 Å². The number of piperazine rings is 1. The van der Waals surface area contributed by atoms with Crippen LogP contribution in [0, 0.1) is 6.92 Å². The highest BCUT2D eigenvalue weighted by Crippen LogP contribution is 2.36. The summed E-state index contributed by atoms with van der Waals surface area (Å²) in [4.78, 5) is 31.0. The number of hydrogen-bond acceptors (Lipinski definition) is 6. The first-order chi connectivity index (χ1) is 21.9. The topological polar surface area (TPSA) is 108 Å². The number of nitrogens with one attached hydrogen (secondary N) is 2. The third kappa shape index (κ3) is 5.04. The number of hydrogen-bond donors (Lipinski definition) is 3. The Bertz CT molecular complexity index is 2010. The Hall–Kier alpha value is -4.99. The van der Waals surface area contributed by atoms with Gasteiger partial charge in [-0.15, -0.1) is 0 Å². The van der Waals surface area contributed by atoms with E-state index in [4.69, 9.17) is 5.73 Å². The van der Waals surface area contributed by atoms with Crippen molar-refractivity contribution in [1.29, 1.82) is 0 Å². The van der Waals surface area contributed by atoms with Crippen molar-refractivity contribution in [1.82, 2.24) is 29.3 Å². The van der Waals surface area contributed by atoms with Crippen LogP contribution in [0.3, 0.4) is 0 Å². The van der Waals surface area contributed by atoms with E-state index in [0.29, 0.717) is 23.4 Å². The van der Waals surface area contributed by atoms with E-state index >= 15 is 0 Å². The molecule has 8 rings (SSSR count). The number of carbonyl (C=O) groups excluding carboxylic acids is 1. The first-order valence-electron chi connectivity index (χ1n) is 15.6. The number of aromatic nitrogens is 4. The van der Waals surface area contributed by atoms with Gasteiger partial charge < -0.3 is 20.9 Å². The highest BCUT2D eigenvalue weighted by molar-refractivity contribution is 5.99. The van der Waals surface area contributed by atoms with Crippen LogP contribution < -0.4 is 11.1 Å². The Labute approximate surface area is 261 Å². The van der Waals surface area contributed by atoms with Gasteiger partial charge in [0.25, 0.3) is 0 Å². The fraction of sp³-hybridized carbons (Fsp3) is 0.250. The maximum absolute atomic E-state index is 13.2. The van der Waals surface area contributed by atoms with Crippen LogP contribution in [0.15, 0.2) is 85.2 Å². The van der Waals surface area contributed by atoms with Crippen molar-refractivity contribution in [3.8, 4) is 22.5 Å². The minimum atomic E-state index is -0.230. The van der Waals surface area contributed by atoms with Crippen LogP contribution in [0.2, 0.25) is 0 Å². The lowest BCUT2D eigenvalue weighted by Gasteiger charge is -2.39. The molecule has 2 bridgehead atoms. The summed E-state index contributed by atoms with van der Waals surface area (Å²) in [6.07, 6.45) is 6.27. The summed E-state index contributed by atoms with van der Waals surface area (Å²) < 4.78 is 1.58. The summed E-state index contributed by atoms with van der Waals surface area (Å²) in [5, 5.41) is 5.97. The summed E-state index contributed by atoms with van der Waals surface area (Å²) in [5.74, 6) is 0.191. The second-order valence-electron chi connectivity index (χ2n) is 12.6. The molecule has 2 saturated heterocycles. The Morgan fingerprint density at radius 1 is 0.956 bits per heavy atom. The fourth-order valence-electron chi connectivity index (χ4n) is 7.25. The summed E-state index contributed by atoms with van der Waals surface area (Å²) in [6, 6.07) is 25.8. The first-order valence-corrected chi connectivity index (χ1v) is 15.6. The number of likely N-dealkylation sites (tertiary alicyclic amines) is 1. The molecule has 0 radical (unpaired) electrons. The molecular weight excluding hydrogens is 560 g/mol. The van der Waals surface area contributed by atoms with Gasteiger partial charge in [0.15, 0.2) is 0 Å². The van der Waals surface area contributed by atoms with Gasteiger partial charge in [-0.3, -0.25) is 9.47 Å². The summed E-state index contributed by atoms with van der Waals surface area (Å²) in [5.41, 5.74) is 13.5. The smallest absolute Gasteiger partial charge is 0.330 e. The molecular formula is C36H36N8O. The zero-order valence-corrected chi connectivity index (χ0v) is 25.5. The quantitative estimate of drug-likeness (QED) is 0.210. The normalized spacial score (nSPS) is 18.6. The van der Waals surface area contributed by atoms with E-state index in [1.54, 1.807) is 4.57 Å². The largest absolute Gasteiger partial charge is 0.368 e. The van der Waals surface area contributed by atoms with Gasteiger partial charge in [0, 0.05) is 66.4 Å². The van der Waals surface area contributed by atoms with Crippen molar-refractivity contribution in [3.05, 3.63) is 96.3 Å². The van der Waals surface area contributed by atoms with Crippen LogP contribution in [-0.2, 0) is 6.54 Å². The number of nitrogen functional groups attached to an aromatic ring is 1. The summed E-state index contributed by atoms with van der Waals surface area (Å²) >= 11 is 0. The molecule has 0 saturated carbocycles. The van der Waals surface area contributed by atoms with Gasteiger partial charge in [0.1, 0.15) is 5.65 Å². The molecule has 1 amide bonds. The summed E-state index contributed by atoms with van der Waals surface area (Å²) in [6.45, 7) is 5.31. The molecule has 2 unspecified atom stereocenters. The molecule has 2 atom stereocenters. The monoisotopic (exact) mass is 596 g/mol. The van der Waals surface area contributed by atoms with Gasteiger partial charge in [-0.1, -0.05) is 60.7 Å². The number of anilines is 2. The van der Waals surface area contributed by atoms with Crippen LogP contribution >= 0.6 is 0 Å². The molecule has 2 aliphatic heterocycles. The van der Waals surface area contributed by atoms with Crippen molar-refractivity contribution in [2.75, 3.05) is 31.2 Å². The maximum atomic E-state index is 13.2. The number of rotatable bonds is 5. The van der Waals surface area contributed by atoms with Crippen molar-refractivity contribution in [2.24, 2.45) is 0 Å². The van der Waals surface area contributed by atoms with Crippen LogP contribution in [0.5, 0.6) is 0 Å². The minimum Gasteiger partial charge on any atom is -0.368 e. The molecule has 6 aromatic rings. The van der Waals surface area contributed by atoms with E-state index in [-0.39, 0.29) is 12.0 Å². The number of benzene rings is 3. The predicted molar refractivity (Wildman–Crippen MR) is 180 cm³/mol. The van der Waals surface area contributed by atoms with E-state index in [2.05, 4.69) is 67.4 Å². The molecule has 3 aromatic heterocycles. The molecule has 0 aliphatic carbocycles. The molecule has 45 heavy (non-hydrogen) atoms. The highest BCUT2D eigenvalue weighted by atomic mass is 16.2. The number of amides is 1. The van der Waals surface area contributed by atoms with Crippen molar-refractivity contribution in [2.45, 2.75) is 38.4 Å². The van der Waals surface area contributed by atoms with Crippen molar-refractivity contribution in [3.63, 3.8) is 0 Å². The molecule has 9 nitrogen and oxygen atoms in total. The molecule has 0 spiro atoms. The van der Waals surface area contributed by atoms with Gasteiger partial charge in [-0.05, 0) is 66.4 Å². The number of carbonyl (C=O) groups is 1. The fourth-order valence-corrected chi connectivity index (χ4v) is 7.25. The Balaban J connectivity index is 1.07. The van der Waals surface area contributed by atoms with Gasteiger partial charge in [0.2, 0.25) is 5.95 Å². The Morgan fingerprint density at radius 3 is 2.38 bits per heavy atom. The number of fused-ring (bicyclic) bond motifs is 4. The number of aromatic amines is 1. The third-order valence-corrected chi connectivity index (χ3v) is 9.57. The maximum Gasteiger partial charge on any atom is 0.330 e. The van der Waals surface area contributed by atoms with Crippen LogP contribution in [-0.4, -0.2) is 67.6 Å². The van der Waals surface area contributed by atoms with Crippen molar-refractivity contribution < 1.29 is 4.79 Å². The van der Waals surface area contributed by atoms with Crippen LogP contribution in [0.4, 0.5) is 16.4 Å². The zero-order valence-electron chi connectivity index (χ0n) is 25.5. The first kappa shape index (κ1) is 27.6. The number of nitrogens with two attached hydrogens (primary N) is 1. The Kier molecular flexibility index (Phi) is 6.65. The van der Waals surface area contributed by atoms with E-state index < -0.39 is 0 Å². The number of H-pyrrole nitrogens is 1. The molecule has 9 heteroatoms. The van der Waals surface area contributed by atoms with E-state index in [0.717, 1.165) is 63.9 Å². The minimum absolute atomic E-state index is 0.191. The molecule has 4 N–H and O–H groups in total. The van der Waals surface area contributed by atoms with E-state index in [1.165, 1.54) is 18.4 Å². The second-order valence-corrected chi connectivity index (χ2v) is 12.6. The average molecular weight is 597 g/mol. The number of likely N-dealkylation sites (N-methyl/N-ethyl adjacent to an activating group) is 1. The molecule has 3 aromatic carbocycles. The average Bonchev–Trinajstić information content (AvgIpc) is 3.72. The number of nitrogens with zero attached hydrogens (tertiary/aromatic N) is 5. The van der Waals surface area contributed by atoms with Gasteiger partial charge in [-0.25, -0.2) is 9.78 Å². The zero-order chi connectivity index (χ0) is 30.7. The molecule has 226 valence electrons. The Morgan fingerprint density at radius 2 is 1.67 bits per heavy atom. The van der Waals surface area contributed by atoms with Crippen molar-refractivity contribution >= 4 is 39.5 Å². The highest BCUT2D eigenvalue weighted by Gasteiger charge is 2.38. The third-order valence-electron chi connectivity index (χ3n) is 9.57. The molecule has 2 aliphatic rings. The van der Waals surface area contributed by atoms with E-state index in [9.17, 15) is 4.79 Å². The lowest BCUT2D eigenvalue weighted by atomic mass is 10.0.